The third kappa shape index (κ3) is 6.30. The Morgan fingerprint density at radius 3 is 2.50 bits per heavy atom. The monoisotopic (exact) mass is 417 g/mol. The van der Waals surface area contributed by atoms with Gasteiger partial charge in [0, 0.05) is 25.7 Å². The van der Waals surface area contributed by atoms with Crippen LogP contribution in [0.4, 0.5) is 0 Å². The van der Waals surface area contributed by atoms with Crippen LogP contribution >= 0.6 is 0 Å². The number of nitrogens with zero attached hydrogens (tertiary/aromatic N) is 2. The summed E-state index contributed by atoms with van der Waals surface area (Å²) in [6, 6.07) is 6.35. The maximum Gasteiger partial charge on any atom is 0.309 e. The van der Waals surface area contributed by atoms with Gasteiger partial charge < -0.3 is 19.9 Å². The van der Waals surface area contributed by atoms with Crippen molar-refractivity contribution in [2.24, 2.45) is 5.92 Å². The Morgan fingerprint density at radius 1 is 1.23 bits per heavy atom. The quantitative estimate of drug-likeness (QED) is 0.676. The molecule has 3 amide bonds. The largest absolute Gasteiger partial charge is 0.466 e. The number of amides is 3. The molecule has 1 aliphatic rings. The second-order valence-corrected chi connectivity index (χ2v) is 7.67. The molecule has 8 heteroatoms. The molecule has 164 valence electrons. The topological polar surface area (TPSA) is 96.0 Å². The van der Waals surface area contributed by atoms with Crippen LogP contribution < -0.4 is 5.32 Å². The molecule has 2 rings (SSSR count). The summed E-state index contributed by atoms with van der Waals surface area (Å²) in [5, 5.41) is 2.68. The number of carbonyl (C=O) groups is 4. The van der Waals surface area contributed by atoms with E-state index in [0.717, 1.165) is 5.56 Å². The number of likely N-dealkylation sites (N-methyl/N-ethyl adjacent to an activating group) is 1. The molecular weight excluding hydrogens is 386 g/mol. The van der Waals surface area contributed by atoms with E-state index < -0.39 is 6.04 Å². The number of benzene rings is 1. The number of aryl methyl sites for hydroxylation is 1. The number of likely N-dealkylation sites (tertiary alicyclic amines) is 1. The average Bonchev–Trinajstić information content (AvgIpc) is 2.73. The molecule has 1 saturated heterocycles. The minimum absolute atomic E-state index is 0.0758. The number of hydrogen-bond acceptors (Lipinski definition) is 5. The molecule has 0 bridgehead atoms. The van der Waals surface area contributed by atoms with Crippen molar-refractivity contribution in [1.29, 1.82) is 0 Å². The molecule has 0 spiro atoms. The lowest BCUT2D eigenvalue weighted by Crippen LogP contribution is -2.50. The second kappa shape index (κ2) is 10.8. The van der Waals surface area contributed by atoms with Crippen molar-refractivity contribution in [2.45, 2.75) is 39.7 Å². The van der Waals surface area contributed by atoms with Crippen molar-refractivity contribution in [2.75, 3.05) is 33.3 Å². The van der Waals surface area contributed by atoms with Gasteiger partial charge in [0.15, 0.2) is 0 Å². The van der Waals surface area contributed by atoms with E-state index in [0.29, 0.717) is 38.1 Å². The molecule has 0 aliphatic carbocycles. The molecule has 30 heavy (non-hydrogen) atoms. The maximum absolute atomic E-state index is 12.6. The zero-order chi connectivity index (χ0) is 22.3. The van der Waals surface area contributed by atoms with E-state index in [4.69, 9.17) is 4.74 Å². The summed E-state index contributed by atoms with van der Waals surface area (Å²) in [7, 11) is 1.54. The smallest absolute Gasteiger partial charge is 0.309 e. The predicted octanol–water partition coefficient (Wildman–Crippen LogP) is 1.37. The van der Waals surface area contributed by atoms with Crippen LogP contribution in [-0.2, 0) is 19.1 Å². The summed E-state index contributed by atoms with van der Waals surface area (Å²) in [6.07, 6.45) is 1.12. The van der Waals surface area contributed by atoms with Crippen LogP contribution in [0.3, 0.4) is 0 Å². The number of piperidine rings is 1. The summed E-state index contributed by atoms with van der Waals surface area (Å²) in [6.45, 7) is 6.46. The van der Waals surface area contributed by atoms with Gasteiger partial charge in [-0.1, -0.05) is 17.7 Å². The van der Waals surface area contributed by atoms with Crippen molar-refractivity contribution in [3.05, 3.63) is 35.4 Å². The summed E-state index contributed by atoms with van der Waals surface area (Å²) in [5.41, 5.74) is 1.44. The van der Waals surface area contributed by atoms with Crippen LogP contribution in [0.1, 0.15) is 42.6 Å². The highest BCUT2D eigenvalue weighted by Crippen LogP contribution is 2.19. The van der Waals surface area contributed by atoms with Crippen LogP contribution in [0, 0.1) is 12.8 Å². The van der Waals surface area contributed by atoms with Gasteiger partial charge in [0.05, 0.1) is 19.1 Å². The highest BCUT2D eigenvalue weighted by molar-refractivity contribution is 5.98. The number of rotatable bonds is 7. The van der Waals surface area contributed by atoms with E-state index in [1.807, 2.05) is 13.0 Å². The van der Waals surface area contributed by atoms with Crippen molar-refractivity contribution in [1.82, 2.24) is 15.1 Å². The highest BCUT2D eigenvalue weighted by atomic mass is 16.5. The van der Waals surface area contributed by atoms with Crippen molar-refractivity contribution >= 4 is 23.7 Å². The molecule has 1 fully saturated rings. The fourth-order valence-electron chi connectivity index (χ4n) is 3.46. The first-order chi connectivity index (χ1) is 14.2. The van der Waals surface area contributed by atoms with Gasteiger partial charge in [0.25, 0.3) is 5.91 Å². The molecule has 1 atom stereocenters. The molecule has 8 nitrogen and oxygen atoms in total. The van der Waals surface area contributed by atoms with E-state index in [1.165, 1.54) is 4.90 Å². The third-order valence-electron chi connectivity index (χ3n) is 5.21. The second-order valence-electron chi connectivity index (χ2n) is 7.67. The molecule has 1 N–H and O–H groups in total. The SMILES string of the molecule is CCOC(=O)C1CCN(C(=O)CN(C)C(=O)C(C)NC(=O)c2cccc(C)c2)CC1. The van der Waals surface area contributed by atoms with Gasteiger partial charge in [-0.25, -0.2) is 0 Å². The van der Waals surface area contributed by atoms with Crippen LogP contribution in [-0.4, -0.2) is 72.8 Å². The standard InChI is InChI=1S/C22H31N3O5/c1-5-30-22(29)17-9-11-25(12-10-17)19(26)14-24(4)21(28)16(3)23-20(27)18-8-6-7-15(2)13-18/h6-8,13,16-17H,5,9-12,14H2,1-4H3,(H,23,27). The first-order valence-electron chi connectivity index (χ1n) is 10.3. The Labute approximate surface area is 177 Å². The molecule has 1 unspecified atom stereocenters. The van der Waals surface area contributed by atoms with Gasteiger partial charge >= 0.3 is 5.97 Å². The lowest BCUT2D eigenvalue weighted by Gasteiger charge is -2.32. The molecular formula is C22H31N3O5. The molecule has 0 aromatic heterocycles. The first kappa shape index (κ1) is 23.4. The van der Waals surface area contributed by atoms with Gasteiger partial charge in [-0.15, -0.1) is 0 Å². The van der Waals surface area contributed by atoms with E-state index in [1.54, 1.807) is 44.0 Å². The van der Waals surface area contributed by atoms with Gasteiger partial charge in [0.1, 0.15) is 6.04 Å². The Morgan fingerprint density at radius 2 is 1.90 bits per heavy atom. The van der Waals surface area contributed by atoms with Crippen LogP contribution in [0.5, 0.6) is 0 Å². The highest BCUT2D eigenvalue weighted by Gasteiger charge is 2.29. The number of nitrogens with one attached hydrogen (secondary N) is 1. The number of ether oxygens (including phenoxy) is 1. The zero-order valence-electron chi connectivity index (χ0n) is 18.1. The third-order valence-corrected chi connectivity index (χ3v) is 5.21. The van der Waals surface area contributed by atoms with E-state index >= 15 is 0 Å². The van der Waals surface area contributed by atoms with Gasteiger partial charge in [-0.3, -0.25) is 19.2 Å². The van der Waals surface area contributed by atoms with Crippen LogP contribution in [0.2, 0.25) is 0 Å². The summed E-state index contributed by atoms with van der Waals surface area (Å²) in [5.74, 6) is -1.24. The lowest BCUT2D eigenvalue weighted by atomic mass is 9.97. The van der Waals surface area contributed by atoms with E-state index in [9.17, 15) is 19.2 Å². The van der Waals surface area contributed by atoms with E-state index in [-0.39, 0.29) is 36.2 Å². The molecule has 0 radical (unpaired) electrons. The van der Waals surface area contributed by atoms with Gasteiger partial charge in [0.2, 0.25) is 11.8 Å². The van der Waals surface area contributed by atoms with Gasteiger partial charge in [-0.2, -0.15) is 0 Å². The normalized spacial score (nSPS) is 15.3. The molecule has 0 saturated carbocycles. The Kier molecular flexibility index (Phi) is 8.38. The number of carbonyl (C=O) groups excluding carboxylic acids is 4. The molecule has 1 heterocycles. The lowest BCUT2D eigenvalue weighted by molar-refractivity contribution is -0.151. The van der Waals surface area contributed by atoms with Gasteiger partial charge in [-0.05, 0) is 45.7 Å². The van der Waals surface area contributed by atoms with Crippen LogP contribution in [0.15, 0.2) is 24.3 Å². The fraction of sp³-hybridized carbons (Fsp3) is 0.545. The predicted molar refractivity (Wildman–Crippen MR) is 112 cm³/mol. The molecule has 1 aliphatic heterocycles. The molecule has 1 aromatic carbocycles. The Balaban J connectivity index is 1.82. The first-order valence-corrected chi connectivity index (χ1v) is 10.3. The number of esters is 1. The summed E-state index contributed by atoms with van der Waals surface area (Å²) < 4.78 is 5.04. The fourth-order valence-corrected chi connectivity index (χ4v) is 3.46. The Hall–Kier alpha value is -2.90. The van der Waals surface area contributed by atoms with E-state index in [2.05, 4.69) is 5.32 Å². The van der Waals surface area contributed by atoms with Crippen molar-refractivity contribution in [3.63, 3.8) is 0 Å². The molecule has 1 aromatic rings. The zero-order valence-corrected chi connectivity index (χ0v) is 18.1. The van der Waals surface area contributed by atoms with Crippen molar-refractivity contribution in [3.8, 4) is 0 Å². The summed E-state index contributed by atoms with van der Waals surface area (Å²) >= 11 is 0. The average molecular weight is 418 g/mol. The van der Waals surface area contributed by atoms with Crippen molar-refractivity contribution < 1.29 is 23.9 Å². The number of hydrogen-bond donors (Lipinski definition) is 1. The minimum Gasteiger partial charge on any atom is -0.466 e. The summed E-state index contributed by atoms with van der Waals surface area (Å²) in [4.78, 5) is 52.3. The Bertz CT molecular complexity index is 787. The minimum atomic E-state index is -0.759. The maximum atomic E-state index is 12.6. The van der Waals surface area contributed by atoms with Crippen LogP contribution in [0.25, 0.3) is 0 Å².